The van der Waals surface area contributed by atoms with Gasteiger partial charge in [-0.25, -0.2) is 0 Å². The zero-order valence-electron chi connectivity index (χ0n) is 9.87. The standard InChI is InChI=1S/C14H18BrClO/c15-12-5-3-6-13(10-12)17-9-8-11-4-1-2-7-14(11)16/h3,5-6,10-11,14H,1-2,4,7-9H2. The van der Waals surface area contributed by atoms with Crippen LogP contribution in [0.15, 0.2) is 28.7 Å². The maximum absolute atomic E-state index is 6.33. The van der Waals surface area contributed by atoms with Crippen LogP contribution in [0.3, 0.4) is 0 Å². The Morgan fingerprint density at radius 1 is 1.29 bits per heavy atom. The topological polar surface area (TPSA) is 9.23 Å². The fraction of sp³-hybridized carbons (Fsp3) is 0.571. The molecule has 0 saturated heterocycles. The number of alkyl halides is 1. The van der Waals surface area contributed by atoms with E-state index in [1.54, 1.807) is 0 Å². The largest absolute Gasteiger partial charge is 0.494 e. The molecule has 0 aromatic heterocycles. The Balaban J connectivity index is 1.75. The highest BCUT2D eigenvalue weighted by molar-refractivity contribution is 9.10. The highest BCUT2D eigenvalue weighted by Crippen LogP contribution is 2.31. The summed E-state index contributed by atoms with van der Waals surface area (Å²) in [5.41, 5.74) is 0. The van der Waals surface area contributed by atoms with Crippen LogP contribution in [0.2, 0.25) is 0 Å². The Hall–Kier alpha value is -0.210. The summed E-state index contributed by atoms with van der Waals surface area (Å²) in [6.07, 6.45) is 6.11. The molecule has 2 unspecified atom stereocenters. The Morgan fingerprint density at radius 2 is 2.12 bits per heavy atom. The lowest BCUT2D eigenvalue weighted by molar-refractivity contribution is 0.249. The molecule has 0 heterocycles. The molecular formula is C14H18BrClO. The van der Waals surface area contributed by atoms with Gasteiger partial charge in [-0.2, -0.15) is 0 Å². The van der Waals surface area contributed by atoms with Crippen molar-refractivity contribution in [3.63, 3.8) is 0 Å². The minimum absolute atomic E-state index is 0.356. The van der Waals surface area contributed by atoms with E-state index in [1.807, 2.05) is 24.3 Å². The SMILES string of the molecule is ClC1CCCCC1CCOc1cccc(Br)c1. The monoisotopic (exact) mass is 316 g/mol. The van der Waals surface area contributed by atoms with Crippen LogP contribution in [0.4, 0.5) is 0 Å². The summed E-state index contributed by atoms with van der Waals surface area (Å²) in [5.74, 6) is 1.57. The van der Waals surface area contributed by atoms with Crippen LogP contribution in [0, 0.1) is 5.92 Å². The third-order valence-electron chi connectivity index (χ3n) is 3.37. The van der Waals surface area contributed by atoms with Gasteiger partial charge < -0.3 is 4.74 Å². The van der Waals surface area contributed by atoms with Gasteiger partial charge in [-0.05, 0) is 43.4 Å². The minimum atomic E-state index is 0.356. The molecule has 0 spiro atoms. The van der Waals surface area contributed by atoms with Gasteiger partial charge in [-0.15, -0.1) is 11.6 Å². The number of benzene rings is 1. The summed E-state index contributed by atoms with van der Waals surface area (Å²) in [4.78, 5) is 0. The zero-order chi connectivity index (χ0) is 12.1. The molecule has 94 valence electrons. The smallest absolute Gasteiger partial charge is 0.120 e. The van der Waals surface area contributed by atoms with E-state index < -0.39 is 0 Å². The Kier molecular flexibility index (Phi) is 5.17. The van der Waals surface area contributed by atoms with Gasteiger partial charge in [0.25, 0.3) is 0 Å². The molecule has 0 radical (unpaired) electrons. The second-order valence-corrected chi connectivity index (χ2v) is 6.13. The Morgan fingerprint density at radius 3 is 2.88 bits per heavy atom. The predicted molar refractivity (Wildman–Crippen MR) is 75.9 cm³/mol. The summed E-state index contributed by atoms with van der Waals surface area (Å²) in [6, 6.07) is 7.98. The van der Waals surface area contributed by atoms with Crippen molar-refractivity contribution in [3.8, 4) is 5.75 Å². The lowest BCUT2D eigenvalue weighted by Gasteiger charge is -2.26. The molecule has 1 aliphatic rings. The fourth-order valence-electron chi connectivity index (χ4n) is 2.37. The van der Waals surface area contributed by atoms with Crippen molar-refractivity contribution in [2.75, 3.05) is 6.61 Å². The van der Waals surface area contributed by atoms with Gasteiger partial charge in [0, 0.05) is 9.85 Å². The van der Waals surface area contributed by atoms with Crippen LogP contribution >= 0.6 is 27.5 Å². The van der Waals surface area contributed by atoms with E-state index in [-0.39, 0.29) is 0 Å². The fourth-order valence-corrected chi connectivity index (χ4v) is 3.16. The molecule has 1 nitrogen and oxygen atoms in total. The number of halogens is 2. The summed E-state index contributed by atoms with van der Waals surface area (Å²) >= 11 is 9.77. The molecule has 1 aromatic carbocycles. The van der Waals surface area contributed by atoms with Crippen molar-refractivity contribution in [1.82, 2.24) is 0 Å². The lowest BCUT2D eigenvalue weighted by atomic mass is 9.87. The second kappa shape index (κ2) is 6.65. The maximum Gasteiger partial charge on any atom is 0.120 e. The van der Waals surface area contributed by atoms with Crippen molar-refractivity contribution >= 4 is 27.5 Å². The van der Waals surface area contributed by atoms with E-state index in [9.17, 15) is 0 Å². The van der Waals surface area contributed by atoms with E-state index in [1.165, 1.54) is 25.7 Å². The maximum atomic E-state index is 6.33. The van der Waals surface area contributed by atoms with E-state index in [0.29, 0.717) is 11.3 Å². The van der Waals surface area contributed by atoms with Crippen LogP contribution in [-0.4, -0.2) is 12.0 Å². The van der Waals surface area contributed by atoms with E-state index >= 15 is 0 Å². The average Bonchev–Trinajstić information content (AvgIpc) is 2.32. The highest BCUT2D eigenvalue weighted by Gasteiger charge is 2.22. The average molecular weight is 318 g/mol. The van der Waals surface area contributed by atoms with Crippen molar-refractivity contribution < 1.29 is 4.74 Å². The minimum Gasteiger partial charge on any atom is -0.494 e. The molecule has 2 atom stereocenters. The van der Waals surface area contributed by atoms with Crippen molar-refractivity contribution in [3.05, 3.63) is 28.7 Å². The van der Waals surface area contributed by atoms with Gasteiger partial charge in [0.1, 0.15) is 5.75 Å². The summed E-state index contributed by atoms with van der Waals surface area (Å²) in [6.45, 7) is 0.768. The first-order valence-corrected chi connectivity index (χ1v) is 7.51. The first-order valence-electron chi connectivity index (χ1n) is 6.28. The van der Waals surface area contributed by atoms with Gasteiger partial charge in [0.2, 0.25) is 0 Å². The zero-order valence-corrected chi connectivity index (χ0v) is 12.2. The van der Waals surface area contributed by atoms with Gasteiger partial charge in [-0.3, -0.25) is 0 Å². The molecule has 3 heteroatoms. The van der Waals surface area contributed by atoms with Crippen LogP contribution in [0.1, 0.15) is 32.1 Å². The molecule has 0 amide bonds. The van der Waals surface area contributed by atoms with Gasteiger partial charge >= 0.3 is 0 Å². The summed E-state index contributed by atoms with van der Waals surface area (Å²) < 4.78 is 6.81. The van der Waals surface area contributed by atoms with Crippen LogP contribution in [0.5, 0.6) is 5.75 Å². The van der Waals surface area contributed by atoms with E-state index in [4.69, 9.17) is 16.3 Å². The van der Waals surface area contributed by atoms with Crippen LogP contribution in [-0.2, 0) is 0 Å². The van der Waals surface area contributed by atoms with Crippen molar-refractivity contribution in [2.24, 2.45) is 5.92 Å². The molecule has 0 N–H and O–H groups in total. The highest BCUT2D eigenvalue weighted by atomic mass is 79.9. The number of ether oxygens (including phenoxy) is 1. The predicted octanol–water partition coefficient (Wildman–Crippen LogP) is 5.02. The number of hydrogen-bond acceptors (Lipinski definition) is 1. The van der Waals surface area contributed by atoms with Gasteiger partial charge in [-0.1, -0.05) is 34.8 Å². The first kappa shape index (κ1) is 13.2. The molecule has 1 fully saturated rings. The van der Waals surface area contributed by atoms with Crippen LogP contribution < -0.4 is 4.74 Å². The van der Waals surface area contributed by atoms with E-state index in [0.717, 1.165) is 23.2 Å². The van der Waals surface area contributed by atoms with Crippen molar-refractivity contribution in [2.45, 2.75) is 37.5 Å². The molecule has 17 heavy (non-hydrogen) atoms. The Bertz CT molecular complexity index is 356. The van der Waals surface area contributed by atoms with Crippen LogP contribution in [0.25, 0.3) is 0 Å². The second-order valence-electron chi connectivity index (χ2n) is 4.66. The lowest BCUT2D eigenvalue weighted by Crippen LogP contribution is -2.21. The summed E-state index contributed by atoms with van der Waals surface area (Å²) in [5, 5.41) is 0.356. The number of rotatable bonds is 4. The molecular weight excluding hydrogens is 300 g/mol. The Labute approximate surface area is 117 Å². The quantitative estimate of drug-likeness (QED) is 0.709. The molecule has 1 aromatic rings. The molecule has 0 bridgehead atoms. The summed E-state index contributed by atoms with van der Waals surface area (Å²) in [7, 11) is 0. The molecule has 1 aliphatic carbocycles. The molecule has 1 saturated carbocycles. The normalized spacial score (nSPS) is 24.6. The van der Waals surface area contributed by atoms with Gasteiger partial charge in [0.15, 0.2) is 0 Å². The van der Waals surface area contributed by atoms with Gasteiger partial charge in [0.05, 0.1) is 6.61 Å². The molecule has 0 aliphatic heterocycles. The van der Waals surface area contributed by atoms with Crippen molar-refractivity contribution in [1.29, 1.82) is 0 Å². The third kappa shape index (κ3) is 4.18. The third-order valence-corrected chi connectivity index (χ3v) is 4.44. The van der Waals surface area contributed by atoms with E-state index in [2.05, 4.69) is 15.9 Å². The number of hydrogen-bond donors (Lipinski definition) is 0. The molecule has 2 rings (SSSR count). The first-order chi connectivity index (χ1) is 8.25.